The molecule has 0 amide bonds. The third-order valence-electron chi connectivity index (χ3n) is 3.69. The monoisotopic (exact) mass is 319 g/mol. The zero-order chi connectivity index (χ0) is 16.9. The molecule has 0 saturated carbocycles. The van der Waals surface area contributed by atoms with E-state index in [0.717, 1.165) is 16.8 Å². The first kappa shape index (κ1) is 15.7. The van der Waals surface area contributed by atoms with Crippen molar-refractivity contribution in [2.24, 2.45) is 0 Å². The van der Waals surface area contributed by atoms with Crippen LogP contribution >= 0.6 is 0 Å². The second-order valence-electron chi connectivity index (χ2n) is 5.45. The van der Waals surface area contributed by atoms with Gasteiger partial charge in [-0.15, -0.1) is 0 Å². The molecule has 1 aromatic heterocycles. The molecular weight excluding hydrogens is 302 g/mol. The number of carboxylic acids is 1. The predicted octanol–water partition coefficient (Wildman–Crippen LogP) is 4.33. The summed E-state index contributed by atoms with van der Waals surface area (Å²) in [6, 6.07) is 19.1. The van der Waals surface area contributed by atoms with Crippen LogP contribution in [0.4, 0.5) is 0 Å². The van der Waals surface area contributed by atoms with Crippen molar-refractivity contribution in [2.45, 2.75) is 13.5 Å². The van der Waals surface area contributed by atoms with E-state index in [0.29, 0.717) is 17.9 Å². The molecule has 0 unspecified atom stereocenters. The summed E-state index contributed by atoms with van der Waals surface area (Å²) in [6.45, 7) is 2.26. The Morgan fingerprint density at radius 3 is 2.50 bits per heavy atom. The van der Waals surface area contributed by atoms with Crippen molar-refractivity contribution in [2.75, 3.05) is 0 Å². The van der Waals surface area contributed by atoms with Gasteiger partial charge in [0.1, 0.15) is 12.4 Å². The SMILES string of the molecule is Cc1cc(-c2ccccc2OCc2ccccc2)c(C(=O)O)cn1. The number of carboxylic acid groups (broad SMARTS) is 1. The van der Waals surface area contributed by atoms with Crippen LogP contribution in [0.15, 0.2) is 66.9 Å². The number of benzene rings is 2. The highest BCUT2D eigenvalue weighted by Gasteiger charge is 2.16. The fourth-order valence-electron chi connectivity index (χ4n) is 2.50. The molecule has 24 heavy (non-hydrogen) atoms. The molecular formula is C20H17NO3. The maximum Gasteiger partial charge on any atom is 0.337 e. The van der Waals surface area contributed by atoms with Crippen LogP contribution in [0.5, 0.6) is 5.75 Å². The molecule has 3 rings (SSSR count). The van der Waals surface area contributed by atoms with Crippen LogP contribution in [0.1, 0.15) is 21.6 Å². The number of aromatic nitrogens is 1. The molecule has 0 aliphatic heterocycles. The largest absolute Gasteiger partial charge is 0.488 e. The van der Waals surface area contributed by atoms with Crippen LogP contribution < -0.4 is 4.74 Å². The maximum atomic E-state index is 11.5. The van der Waals surface area contributed by atoms with Crippen LogP contribution in [0, 0.1) is 6.92 Å². The summed E-state index contributed by atoms with van der Waals surface area (Å²) in [5, 5.41) is 9.44. The van der Waals surface area contributed by atoms with E-state index in [9.17, 15) is 9.90 Å². The van der Waals surface area contributed by atoms with Gasteiger partial charge in [0.25, 0.3) is 0 Å². The van der Waals surface area contributed by atoms with Crippen LogP contribution in [0.2, 0.25) is 0 Å². The Labute approximate surface area is 140 Å². The zero-order valence-corrected chi connectivity index (χ0v) is 13.3. The van der Waals surface area contributed by atoms with Gasteiger partial charge in [0.15, 0.2) is 0 Å². The van der Waals surface area contributed by atoms with Crippen molar-refractivity contribution in [1.29, 1.82) is 0 Å². The molecule has 0 radical (unpaired) electrons. The molecule has 0 aliphatic rings. The van der Waals surface area contributed by atoms with Crippen molar-refractivity contribution in [3.8, 4) is 16.9 Å². The minimum absolute atomic E-state index is 0.163. The van der Waals surface area contributed by atoms with Crippen molar-refractivity contribution in [3.63, 3.8) is 0 Å². The van der Waals surface area contributed by atoms with E-state index >= 15 is 0 Å². The molecule has 4 heteroatoms. The number of hydrogen-bond donors (Lipinski definition) is 1. The first-order valence-corrected chi connectivity index (χ1v) is 7.61. The Morgan fingerprint density at radius 1 is 1.04 bits per heavy atom. The number of pyridine rings is 1. The standard InChI is InChI=1S/C20H17NO3/c1-14-11-17(18(12-21-14)20(22)23)16-9-5-6-10-19(16)24-13-15-7-3-2-4-8-15/h2-12H,13H2,1H3,(H,22,23). The van der Waals surface area contributed by atoms with Crippen molar-refractivity contribution in [1.82, 2.24) is 4.98 Å². The summed E-state index contributed by atoms with van der Waals surface area (Å²) in [5.74, 6) is -0.357. The quantitative estimate of drug-likeness (QED) is 0.760. The molecule has 3 aromatic rings. The second-order valence-corrected chi connectivity index (χ2v) is 5.45. The number of hydrogen-bond acceptors (Lipinski definition) is 3. The fourth-order valence-corrected chi connectivity index (χ4v) is 2.50. The van der Waals surface area contributed by atoms with Crippen molar-refractivity contribution in [3.05, 3.63) is 83.7 Å². The van der Waals surface area contributed by atoms with Gasteiger partial charge >= 0.3 is 5.97 Å². The minimum atomic E-state index is -1.00. The van der Waals surface area contributed by atoms with E-state index in [-0.39, 0.29) is 5.56 Å². The summed E-state index contributed by atoms with van der Waals surface area (Å²) in [5.41, 5.74) is 3.33. The molecule has 2 aromatic carbocycles. The Balaban J connectivity index is 1.98. The van der Waals surface area contributed by atoms with E-state index in [1.165, 1.54) is 6.20 Å². The molecule has 4 nitrogen and oxygen atoms in total. The molecule has 0 saturated heterocycles. The summed E-state index contributed by atoms with van der Waals surface area (Å²) < 4.78 is 5.94. The average Bonchev–Trinajstić information content (AvgIpc) is 2.61. The summed E-state index contributed by atoms with van der Waals surface area (Å²) in [7, 11) is 0. The smallest absolute Gasteiger partial charge is 0.337 e. The van der Waals surface area contributed by atoms with Crippen LogP contribution in [0.25, 0.3) is 11.1 Å². The number of nitrogens with zero attached hydrogens (tertiary/aromatic N) is 1. The first-order chi connectivity index (χ1) is 11.6. The summed E-state index contributed by atoms with van der Waals surface area (Å²) >= 11 is 0. The Bertz CT molecular complexity index is 860. The minimum Gasteiger partial charge on any atom is -0.488 e. The Kier molecular flexibility index (Phi) is 4.57. The van der Waals surface area contributed by atoms with Gasteiger partial charge in [-0.3, -0.25) is 4.98 Å². The number of para-hydroxylation sites is 1. The predicted molar refractivity (Wildman–Crippen MR) is 92.1 cm³/mol. The zero-order valence-electron chi connectivity index (χ0n) is 13.3. The second kappa shape index (κ2) is 6.96. The first-order valence-electron chi connectivity index (χ1n) is 7.61. The van der Waals surface area contributed by atoms with E-state index in [1.807, 2.05) is 61.5 Å². The number of carbonyl (C=O) groups is 1. The van der Waals surface area contributed by atoms with Crippen molar-refractivity contribution >= 4 is 5.97 Å². The highest BCUT2D eigenvalue weighted by atomic mass is 16.5. The lowest BCUT2D eigenvalue weighted by atomic mass is 10.00. The van der Waals surface area contributed by atoms with Crippen LogP contribution in [0.3, 0.4) is 0 Å². The molecule has 0 spiro atoms. The average molecular weight is 319 g/mol. The van der Waals surface area contributed by atoms with E-state index in [2.05, 4.69) is 4.98 Å². The van der Waals surface area contributed by atoms with Gasteiger partial charge in [-0.25, -0.2) is 4.79 Å². The molecule has 1 heterocycles. The Hall–Kier alpha value is -3.14. The van der Waals surface area contributed by atoms with Crippen LogP contribution in [-0.4, -0.2) is 16.1 Å². The van der Waals surface area contributed by atoms with Gasteiger partial charge in [-0.1, -0.05) is 48.5 Å². The number of ether oxygens (including phenoxy) is 1. The third-order valence-corrected chi connectivity index (χ3v) is 3.69. The lowest BCUT2D eigenvalue weighted by Gasteiger charge is -2.13. The summed E-state index contributed by atoms with van der Waals surface area (Å²) in [6.07, 6.45) is 1.39. The highest BCUT2D eigenvalue weighted by molar-refractivity contribution is 5.96. The molecule has 0 fully saturated rings. The fraction of sp³-hybridized carbons (Fsp3) is 0.100. The molecule has 0 aliphatic carbocycles. The third kappa shape index (κ3) is 3.43. The van der Waals surface area contributed by atoms with Gasteiger partial charge < -0.3 is 9.84 Å². The van der Waals surface area contributed by atoms with E-state index in [1.54, 1.807) is 6.07 Å². The van der Waals surface area contributed by atoms with Gasteiger partial charge in [0.2, 0.25) is 0 Å². The van der Waals surface area contributed by atoms with Gasteiger partial charge in [0, 0.05) is 23.0 Å². The van der Waals surface area contributed by atoms with Gasteiger partial charge in [0.05, 0.1) is 5.56 Å². The number of aryl methyl sites for hydroxylation is 1. The highest BCUT2D eigenvalue weighted by Crippen LogP contribution is 2.33. The molecule has 120 valence electrons. The van der Waals surface area contributed by atoms with E-state index < -0.39 is 5.97 Å². The van der Waals surface area contributed by atoms with Gasteiger partial charge in [-0.2, -0.15) is 0 Å². The molecule has 1 N–H and O–H groups in total. The van der Waals surface area contributed by atoms with Gasteiger partial charge in [-0.05, 0) is 24.6 Å². The topological polar surface area (TPSA) is 59.4 Å². The van der Waals surface area contributed by atoms with Crippen molar-refractivity contribution < 1.29 is 14.6 Å². The van der Waals surface area contributed by atoms with E-state index in [4.69, 9.17) is 4.74 Å². The lowest BCUT2D eigenvalue weighted by Crippen LogP contribution is -2.03. The molecule has 0 bridgehead atoms. The normalized spacial score (nSPS) is 10.4. The number of aromatic carboxylic acids is 1. The number of rotatable bonds is 5. The lowest BCUT2D eigenvalue weighted by molar-refractivity contribution is 0.0697. The maximum absolute atomic E-state index is 11.5. The Morgan fingerprint density at radius 2 is 1.75 bits per heavy atom. The van der Waals surface area contributed by atoms with Crippen LogP contribution in [-0.2, 0) is 6.61 Å². The molecule has 0 atom stereocenters. The summed E-state index contributed by atoms with van der Waals surface area (Å²) in [4.78, 5) is 15.6.